The Morgan fingerprint density at radius 2 is 1.87 bits per heavy atom. The fraction of sp³-hybridized carbons (Fsp3) is 0.500. The molecule has 0 amide bonds. The van der Waals surface area contributed by atoms with Crippen LogP contribution in [0.25, 0.3) is 32.5 Å². The minimum atomic E-state index is -3.45. The van der Waals surface area contributed by atoms with Gasteiger partial charge < -0.3 is 14.4 Å². The number of nitrogens with one attached hydrogen (secondary N) is 2. The zero-order valence-electron chi connectivity index (χ0n) is 21.9. The van der Waals surface area contributed by atoms with E-state index in [1.54, 1.807) is 13.2 Å². The molecule has 39 heavy (non-hydrogen) atoms. The van der Waals surface area contributed by atoms with Crippen LogP contribution in [-0.4, -0.2) is 105 Å². The van der Waals surface area contributed by atoms with E-state index in [1.807, 2.05) is 24.3 Å². The lowest BCUT2D eigenvalue weighted by Gasteiger charge is -2.28. The molecule has 2 aliphatic heterocycles. The second kappa shape index (κ2) is 11.4. The van der Waals surface area contributed by atoms with Crippen LogP contribution >= 0.6 is 11.3 Å². The first kappa shape index (κ1) is 26.5. The topological polar surface area (TPSA) is 126 Å². The largest absolute Gasteiger partial charge is 0.379 e. The van der Waals surface area contributed by atoms with E-state index in [-0.39, 0.29) is 5.75 Å². The molecule has 0 radical (unpaired) electrons. The highest BCUT2D eigenvalue weighted by molar-refractivity contribution is 7.91. The minimum Gasteiger partial charge on any atom is -0.379 e. The monoisotopic (exact) mass is 571 g/mol. The van der Waals surface area contributed by atoms with Crippen molar-refractivity contribution in [2.45, 2.75) is 11.8 Å². The molecule has 0 aliphatic carbocycles. The molecule has 0 spiro atoms. The van der Waals surface area contributed by atoms with E-state index in [9.17, 15) is 8.42 Å². The molecule has 2 fully saturated rings. The smallest absolute Gasteiger partial charge is 0.171 e. The number of H-pyrrole nitrogens is 1. The van der Waals surface area contributed by atoms with Crippen LogP contribution in [0, 0.1) is 0 Å². The van der Waals surface area contributed by atoms with Crippen LogP contribution in [0.5, 0.6) is 0 Å². The van der Waals surface area contributed by atoms with E-state index in [4.69, 9.17) is 19.4 Å². The Morgan fingerprint density at radius 3 is 2.64 bits per heavy atom. The molecule has 1 atom stereocenters. The summed E-state index contributed by atoms with van der Waals surface area (Å²) in [6.45, 7) is 6.52. The van der Waals surface area contributed by atoms with Gasteiger partial charge in [0, 0.05) is 42.0 Å². The van der Waals surface area contributed by atoms with Gasteiger partial charge in [0.2, 0.25) is 0 Å². The SMILES string of the molecule is CNC(c1cc2nc(-c3cccc4[nH]ncc34)nc(N3CCOCC3)c2s1)S(=O)(=O)CCCN1CCOCC1. The summed E-state index contributed by atoms with van der Waals surface area (Å²) in [7, 11) is -1.75. The number of hydrogen-bond acceptors (Lipinski definition) is 11. The van der Waals surface area contributed by atoms with Crippen LogP contribution in [0.2, 0.25) is 0 Å². The molecule has 3 aromatic heterocycles. The van der Waals surface area contributed by atoms with E-state index in [1.165, 1.54) is 11.3 Å². The Kier molecular flexibility index (Phi) is 7.78. The first-order valence-corrected chi connectivity index (χ1v) is 15.8. The summed E-state index contributed by atoms with van der Waals surface area (Å²) in [6.07, 6.45) is 2.37. The third kappa shape index (κ3) is 5.52. The number of aromatic nitrogens is 4. The lowest BCUT2D eigenvalue weighted by Crippen LogP contribution is -2.37. The summed E-state index contributed by atoms with van der Waals surface area (Å²) in [5.41, 5.74) is 2.53. The number of sulfone groups is 1. The summed E-state index contributed by atoms with van der Waals surface area (Å²) in [5, 5.41) is 10.4. The summed E-state index contributed by atoms with van der Waals surface area (Å²) < 4.78 is 38.9. The number of fused-ring (bicyclic) bond motifs is 2. The van der Waals surface area contributed by atoms with Crippen LogP contribution in [0.15, 0.2) is 30.5 Å². The predicted octanol–water partition coefficient (Wildman–Crippen LogP) is 2.43. The van der Waals surface area contributed by atoms with E-state index in [0.717, 1.165) is 57.0 Å². The van der Waals surface area contributed by atoms with Crippen LogP contribution in [0.4, 0.5) is 5.82 Å². The lowest BCUT2D eigenvalue weighted by atomic mass is 10.1. The van der Waals surface area contributed by atoms with Crippen molar-refractivity contribution in [2.24, 2.45) is 0 Å². The predicted molar refractivity (Wildman–Crippen MR) is 153 cm³/mol. The number of benzene rings is 1. The van der Waals surface area contributed by atoms with Gasteiger partial charge in [0.1, 0.15) is 5.37 Å². The van der Waals surface area contributed by atoms with Gasteiger partial charge in [-0.25, -0.2) is 18.4 Å². The van der Waals surface area contributed by atoms with E-state index in [0.29, 0.717) is 51.8 Å². The standard InChI is InChI=1S/C26H33N7O4S2/c1-27-26(39(34,35)15-3-6-32-7-11-36-12-8-32)22-16-21-23(38-22)25(33-9-13-37-14-10-33)30-24(29-21)18-4-2-5-20-19(18)17-28-31-20/h2,4-5,16-17,26-27H,3,6-15H2,1H3,(H,28,31). The van der Waals surface area contributed by atoms with Crippen molar-refractivity contribution in [3.8, 4) is 11.4 Å². The average Bonchev–Trinajstić information content (AvgIpc) is 3.61. The summed E-state index contributed by atoms with van der Waals surface area (Å²) in [5.74, 6) is 1.52. The minimum absolute atomic E-state index is 0.111. The molecule has 208 valence electrons. The van der Waals surface area contributed by atoms with Gasteiger partial charge in [-0.2, -0.15) is 5.10 Å². The quantitative estimate of drug-likeness (QED) is 0.309. The van der Waals surface area contributed by atoms with Gasteiger partial charge in [-0.3, -0.25) is 15.3 Å². The molecular weight excluding hydrogens is 538 g/mol. The van der Waals surface area contributed by atoms with Crippen LogP contribution < -0.4 is 10.2 Å². The van der Waals surface area contributed by atoms with Crippen molar-refractivity contribution >= 4 is 48.1 Å². The van der Waals surface area contributed by atoms with Crippen molar-refractivity contribution in [1.29, 1.82) is 0 Å². The number of nitrogens with zero attached hydrogens (tertiary/aromatic N) is 5. The number of aromatic amines is 1. The van der Waals surface area contributed by atoms with Gasteiger partial charge >= 0.3 is 0 Å². The van der Waals surface area contributed by atoms with E-state index >= 15 is 0 Å². The lowest BCUT2D eigenvalue weighted by molar-refractivity contribution is 0.0381. The first-order valence-electron chi connectivity index (χ1n) is 13.3. The average molecular weight is 572 g/mol. The zero-order chi connectivity index (χ0) is 26.8. The number of ether oxygens (including phenoxy) is 2. The van der Waals surface area contributed by atoms with Crippen molar-refractivity contribution in [2.75, 3.05) is 76.9 Å². The Bertz CT molecular complexity index is 1540. The van der Waals surface area contributed by atoms with Gasteiger partial charge in [0.25, 0.3) is 0 Å². The summed E-state index contributed by atoms with van der Waals surface area (Å²) >= 11 is 1.45. The summed E-state index contributed by atoms with van der Waals surface area (Å²) in [6, 6.07) is 7.82. The van der Waals surface area contributed by atoms with Gasteiger partial charge in [-0.15, -0.1) is 11.3 Å². The van der Waals surface area contributed by atoms with Crippen LogP contribution in [-0.2, 0) is 19.3 Å². The number of anilines is 1. The van der Waals surface area contributed by atoms with Crippen molar-refractivity contribution in [1.82, 2.24) is 30.4 Å². The van der Waals surface area contributed by atoms with Crippen molar-refractivity contribution < 1.29 is 17.9 Å². The Morgan fingerprint density at radius 1 is 1.10 bits per heavy atom. The molecule has 13 heteroatoms. The molecule has 0 bridgehead atoms. The van der Waals surface area contributed by atoms with Crippen molar-refractivity contribution in [3.05, 3.63) is 35.3 Å². The molecular formula is C26H33N7O4S2. The number of morpholine rings is 2. The van der Waals surface area contributed by atoms with Gasteiger partial charge in [-0.05, 0) is 32.1 Å². The fourth-order valence-corrected chi connectivity index (χ4v) is 8.51. The fourth-order valence-electron chi connectivity index (χ4n) is 5.27. The molecule has 1 unspecified atom stereocenters. The van der Waals surface area contributed by atoms with Crippen LogP contribution in [0.1, 0.15) is 16.7 Å². The molecule has 2 N–H and O–H groups in total. The molecule has 6 rings (SSSR count). The highest BCUT2D eigenvalue weighted by Crippen LogP contribution is 2.39. The second-order valence-electron chi connectivity index (χ2n) is 9.81. The molecule has 11 nitrogen and oxygen atoms in total. The molecule has 2 saturated heterocycles. The molecule has 4 aromatic rings. The summed E-state index contributed by atoms with van der Waals surface area (Å²) in [4.78, 5) is 15.2. The Hall–Kier alpha value is -2.68. The number of hydrogen-bond donors (Lipinski definition) is 2. The second-order valence-corrected chi connectivity index (χ2v) is 13.1. The molecule has 5 heterocycles. The third-order valence-electron chi connectivity index (χ3n) is 7.30. The molecule has 0 saturated carbocycles. The zero-order valence-corrected chi connectivity index (χ0v) is 23.6. The van der Waals surface area contributed by atoms with Crippen molar-refractivity contribution in [3.63, 3.8) is 0 Å². The highest BCUT2D eigenvalue weighted by Gasteiger charge is 2.29. The molecule has 2 aliphatic rings. The van der Waals surface area contributed by atoms with Gasteiger partial charge in [0.15, 0.2) is 21.5 Å². The normalized spacial score (nSPS) is 18.2. The first-order chi connectivity index (χ1) is 19.0. The van der Waals surface area contributed by atoms with Gasteiger partial charge in [0.05, 0.1) is 54.1 Å². The third-order valence-corrected chi connectivity index (χ3v) is 10.7. The Balaban J connectivity index is 1.35. The highest BCUT2D eigenvalue weighted by atomic mass is 32.2. The maximum absolute atomic E-state index is 13.5. The van der Waals surface area contributed by atoms with E-state index in [2.05, 4.69) is 25.3 Å². The number of thiophene rings is 1. The van der Waals surface area contributed by atoms with E-state index < -0.39 is 15.2 Å². The van der Waals surface area contributed by atoms with Gasteiger partial charge in [-0.1, -0.05) is 12.1 Å². The van der Waals surface area contributed by atoms with Crippen LogP contribution in [0.3, 0.4) is 0 Å². The Labute approximate surface area is 231 Å². The maximum Gasteiger partial charge on any atom is 0.171 e. The maximum atomic E-state index is 13.5. The molecule has 1 aromatic carbocycles. The number of rotatable bonds is 9.